The molecule has 18 heavy (non-hydrogen) atoms. The zero-order valence-corrected chi connectivity index (χ0v) is 10.1. The van der Waals surface area contributed by atoms with Gasteiger partial charge >= 0.3 is 0 Å². The minimum atomic E-state index is -0.874. The molecule has 0 saturated heterocycles. The summed E-state index contributed by atoms with van der Waals surface area (Å²) in [7, 11) is 1.72. The standard InChI is InChI=1S/C11H8F2N4S/c1-14-10-15-11-17(16-10)9(5-18-11)6-2-3-7(12)8(13)4-6/h2-5H,1H3,(H,14,16). The minimum absolute atomic E-state index is 0.491. The molecule has 0 saturated carbocycles. The van der Waals surface area contributed by atoms with Gasteiger partial charge in [0.15, 0.2) is 11.6 Å². The molecule has 0 atom stereocenters. The van der Waals surface area contributed by atoms with E-state index in [-0.39, 0.29) is 0 Å². The van der Waals surface area contributed by atoms with Gasteiger partial charge in [-0.15, -0.1) is 16.4 Å². The van der Waals surface area contributed by atoms with E-state index in [2.05, 4.69) is 15.4 Å². The lowest BCUT2D eigenvalue weighted by atomic mass is 10.2. The second kappa shape index (κ2) is 4.02. The molecule has 3 aromatic rings. The predicted molar refractivity (Wildman–Crippen MR) is 65.8 cm³/mol. The third-order valence-electron chi connectivity index (χ3n) is 2.52. The van der Waals surface area contributed by atoms with Crippen LogP contribution < -0.4 is 5.32 Å². The summed E-state index contributed by atoms with van der Waals surface area (Å²) in [6.45, 7) is 0. The molecular formula is C11H8F2N4S. The van der Waals surface area contributed by atoms with Crippen LogP contribution in [-0.4, -0.2) is 21.6 Å². The van der Waals surface area contributed by atoms with E-state index >= 15 is 0 Å². The van der Waals surface area contributed by atoms with Crippen molar-refractivity contribution in [3.8, 4) is 11.3 Å². The minimum Gasteiger partial charge on any atom is -0.356 e. The molecule has 3 rings (SSSR count). The van der Waals surface area contributed by atoms with Crippen molar-refractivity contribution in [2.24, 2.45) is 0 Å². The van der Waals surface area contributed by atoms with Crippen molar-refractivity contribution in [1.82, 2.24) is 14.6 Å². The molecule has 92 valence electrons. The number of benzene rings is 1. The first kappa shape index (κ1) is 11.1. The number of anilines is 1. The van der Waals surface area contributed by atoms with Gasteiger partial charge in [0.05, 0.1) is 5.69 Å². The Bertz CT molecular complexity index is 719. The molecule has 0 fully saturated rings. The number of nitrogens with zero attached hydrogens (tertiary/aromatic N) is 3. The molecule has 1 N–H and O–H groups in total. The van der Waals surface area contributed by atoms with Gasteiger partial charge in [-0.3, -0.25) is 0 Å². The number of hydrogen-bond acceptors (Lipinski definition) is 4. The molecule has 0 spiro atoms. The van der Waals surface area contributed by atoms with Gasteiger partial charge in [0.2, 0.25) is 10.9 Å². The summed E-state index contributed by atoms with van der Waals surface area (Å²) in [5, 5.41) is 8.85. The molecule has 0 aliphatic rings. The monoisotopic (exact) mass is 266 g/mol. The van der Waals surface area contributed by atoms with E-state index in [9.17, 15) is 8.78 Å². The average molecular weight is 266 g/mol. The van der Waals surface area contributed by atoms with Crippen molar-refractivity contribution in [3.05, 3.63) is 35.2 Å². The molecule has 0 aliphatic carbocycles. The highest BCUT2D eigenvalue weighted by Gasteiger charge is 2.12. The maximum absolute atomic E-state index is 13.2. The van der Waals surface area contributed by atoms with Gasteiger partial charge in [0.25, 0.3) is 0 Å². The third-order valence-corrected chi connectivity index (χ3v) is 3.34. The topological polar surface area (TPSA) is 42.2 Å². The second-order valence-electron chi connectivity index (χ2n) is 3.63. The maximum Gasteiger partial charge on any atom is 0.243 e. The Labute approximate surface area is 105 Å². The summed E-state index contributed by atoms with van der Waals surface area (Å²) in [6, 6.07) is 3.77. The van der Waals surface area contributed by atoms with Crippen molar-refractivity contribution in [1.29, 1.82) is 0 Å². The molecule has 1 aromatic carbocycles. The van der Waals surface area contributed by atoms with Gasteiger partial charge in [-0.05, 0) is 18.2 Å². The fourth-order valence-corrected chi connectivity index (χ4v) is 2.47. The number of nitrogens with one attached hydrogen (secondary N) is 1. The number of aromatic nitrogens is 3. The summed E-state index contributed by atoms with van der Waals surface area (Å²) < 4.78 is 27.7. The zero-order chi connectivity index (χ0) is 12.7. The zero-order valence-electron chi connectivity index (χ0n) is 9.32. The highest BCUT2D eigenvalue weighted by Crippen LogP contribution is 2.26. The first-order chi connectivity index (χ1) is 8.69. The Morgan fingerprint density at radius 1 is 1.28 bits per heavy atom. The molecule has 7 heteroatoms. The van der Waals surface area contributed by atoms with Gasteiger partial charge < -0.3 is 5.32 Å². The first-order valence-corrected chi connectivity index (χ1v) is 6.04. The summed E-state index contributed by atoms with van der Waals surface area (Å²) in [5.74, 6) is -1.24. The van der Waals surface area contributed by atoms with E-state index in [0.29, 0.717) is 22.2 Å². The van der Waals surface area contributed by atoms with Crippen molar-refractivity contribution >= 4 is 22.2 Å². The summed E-state index contributed by atoms with van der Waals surface area (Å²) in [6.07, 6.45) is 0. The Hall–Kier alpha value is -2.02. The number of halogens is 2. The Balaban J connectivity index is 2.18. The molecular weight excluding hydrogens is 258 g/mol. The van der Waals surface area contributed by atoms with Gasteiger partial charge in [-0.2, -0.15) is 4.98 Å². The lowest BCUT2D eigenvalue weighted by Gasteiger charge is -1.99. The van der Waals surface area contributed by atoms with Gasteiger partial charge in [-0.25, -0.2) is 13.3 Å². The maximum atomic E-state index is 13.2. The average Bonchev–Trinajstić information content (AvgIpc) is 2.92. The number of rotatable bonds is 2. The van der Waals surface area contributed by atoms with Crippen LogP contribution in [0.3, 0.4) is 0 Å². The SMILES string of the molecule is CNc1nc2scc(-c3ccc(F)c(F)c3)n2n1. The van der Waals surface area contributed by atoms with E-state index in [0.717, 1.165) is 12.1 Å². The van der Waals surface area contributed by atoms with E-state index in [1.54, 1.807) is 16.9 Å². The molecule has 0 bridgehead atoms. The number of fused-ring (bicyclic) bond motifs is 1. The van der Waals surface area contributed by atoms with Crippen LogP contribution in [0.2, 0.25) is 0 Å². The van der Waals surface area contributed by atoms with Crippen LogP contribution in [0.25, 0.3) is 16.2 Å². The van der Waals surface area contributed by atoms with Gasteiger partial charge in [0.1, 0.15) is 0 Å². The fraction of sp³-hybridized carbons (Fsp3) is 0.0909. The number of hydrogen-bond donors (Lipinski definition) is 1. The molecule has 2 heterocycles. The highest BCUT2D eigenvalue weighted by molar-refractivity contribution is 7.15. The van der Waals surface area contributed by atoms with Gasteiger partial charge in [0, 0.05) is 18.0 Å². The summed E-state index contributed by atoms with van der Waals surface area (Å²) in [4.78, 5) is 4.90. The highest BCUT2D eigenvalue weighted by atomic mass is 32.1. The fourth-order valence-electron chi connectivity index (χ4n) is 1.64. The van der Waals surface area contributed by atoms with E-state index in [1.165, 1.54) is 17.4 Å². The van der Waals surface area contributed by atoms with Crippen LogP contribution in [0, 0.1) is 11.6 Å². The Morgan fingerprint density at radius 2 is 2.11 bits per heavy atom. The normalized spacial score (nSPS) is 11.1. The van der Waals surface area contributed by atoms with Crippen LogP contribution in [-0.2, 0) is 0 Å². The van der Waals surface area contributed by atoms with Gasteiger partial charge in [-0.1, -0.05) is 0 Å². The first-order valence-electron chi connectivity index (χ1n) is 5.16. The molecule has 0 aliphatic heterocycles. The van der Waals surface area contributed by atoms with Crippen LogP contribution >= 0.6 is 11.3 Å². The molecule has 0 radical (unpaired) electrons. The smallest absolute Gasteiger partial charge is 0.243 e. The molecule has 0 unspecified atom stereocenters. The summed E-state index contributed by atoms with van der Waals surface area (Å²) >= 11 is 1.39. The van der Waals surface area contributed by atoms with E-state index in [4.69, 9.17) is 0 Å². The molecule has 2 aromatic heterocycles. The second-order valence-corrected chi connectivity index (χ2v) is 4.47. The number of thiazole rings is 1. The third kappa shape index (κ3) is 1.63. The summed E-state index contributed by atoms with van der Waals surface area (Å²) in [5.41, 5.74) is 1.25. The quantitative estimate of drug-likeness (QED) is 0.775. The molecule has 0 amide bonds. The van der Waals surface area contributed by atoms with Crippen molar-refractivity contribution in [3.63, 3.8) is 0 Å². The van der Waals surface area contributed by atoms with Crippen LogP contribution in [0.15, 0.2) is 23.6 Å². The van der Waals surface area contributed by atoms with Crippen LogP contribution in [0.1, 0.15) is 0 Å². The largest absolute Gasteiger partial charge is 0.356 e. The van der Waals surface area contributed by atoms with Crippen molar-refractivity contribution in [2.45, 2.75) is 0 Å². The lowest BCUT2D eigenvalue weighted by Crippen LogP contribution is -1.93. The van der Waals surface area contributed by atoms with Crippen LogP contribution in [0.5, 0.6) is 0 Å². The van der Waals surface area contributed by atoms with E-state index < -0.39 is 11.6 Å². The lowest BCUT2D eigenvalue weighted by molar-refractivity contribution is 0.509. The van der Waals surface area contributed by atoms with E-state index in [1.807, 2.05) is 0 Å². The van der Waals surface area contributed by atoms with Crippen molar-refractivity contribution in [2.75, 3.05) is 12.4 Å². The van der Waals surface area contributed by atoms with Crippen LogP contribution in [0.4, 0.5) is 14.7 Å². The molecule has 4 nitrogen and oxygen atoms in total. The predicted octanol–water partition coefficient (Wildman–Crippen LogP) is 2.78. The Kier molecular flexibility index (Phi) is 2.48. The Morgan fingerprint density at radius 3 is 2.83 bits per heavy atom. The van der Waals surface area contributed by atoms with Crippen molar-refractivity contribution < 1.29 is 8.78 Å².